The number of rotatable bonds is 2. The van der Waals surface area contributed by atoms with Crippen LogP contribution in [-0.4, -0.2) is 17.7 Å². The van der Waals surface area contributed by atoms with Crippen LogP contribution < -0.4 is 0 Å². The molecule has 8 heavy (non-hydrogen) atoms. The van der Waals surface area contributed by atoms with Crippen molar-refractivity contribution in [2.75, 3.05) is 0 Å². The Morgan fingerprint density at radius 1 is 1.38 bits per heavy atom. The van der Waals surface area contributed by atoms with Gasteiger partial charge >= 0.3 is 0 Å². The summed E-state index contributed by atoms with van der Waals surface area (Å²) in [7, 11) is 0. The van der Waals surface area contributed by atoms with Gasteiger partial charge in [0.25, 0.3) is 0 Å². The first kappa shape index (κ1) is 7.36. The Morgan fingerprint density at radius 3 is 2.00 bits per heavy atom. The Labute approximate surface area is 54.1 Å². The van der Waals surface area contributed by atoms with Gasteiger partial charge in [-0.2, -0.15) is 0 Å². The number of halogens is 1. The van der Waals surface area contributed by atoms with E-state index in [2.05, 4.69) is 15.9 Å². The molecule has 0 aromatic carbocycles. The molecule has 0 atom stereocenters. The monoisotopic (exact) mass is 178 g/mol. The Morgan fingerprint density at radius 2 is 1.88 bits per heavy atom. The highest BCUT2D eigenvalue weighted by Gasteiger charge is 1.95. The van der Waals surface area contributed by atoms with Gasteiger partial charge in [-0.25, -0.2) is 0 Å². The average molecular weight is 179 g/mol. The van der Waals surface area contributed by atoms with Crippen LogP contribution in [0.15, 0.2) is 10.2 Å². The first-order valence-corrected chi connectivity index (χ1v) is 2.50. The third-order valence-electron chi connectivity index (χ3n) is 0.460. The normalized spacial score (nSPS) is 12.1. The Balaban J connectivity index is 4.25. The van der Waals surface area contributed by atoms with Crippen LogP contribution in [0.25, 0.3) is 0 Å². The highest BCUT2D eigenvalue weighted by Crippen LogP contribution is 2.02. The number of carbonyl (C=O) groups excluding carboxylic acids is 2. The molecule has 0 aromatic heterocycles. The Bertz CT molecular complexity index is 122. The van der Waals surface area contributed by atoms with Crippen molar-refractivity contribution in [2.45, 2.75) is 0 Å². The topological polar surface area (TPSA) is 54.4 Å². The quantitative estimate of drug-likeness (QED) is 0.382. The van der Waals surface area contributed by atoms with Crippen LogP contribution in [0, 0.1) is 0 Å². The maximum Gasteiger partial charge on any atom is 0.185 e. The summed E-state index contributed by atoms with van der Waals surface area (Å²) in [6.45, 7) is 0. The van der Waals surface area contributed by atoms with E-state index >= 15 is 0 Å². The third-order valence-corrected chi connectivity index (χ3v) is 1.05. The molecule has 0 fully saturated rings. The third kappa shape index (κ3) is 1.88. The van der Waals surface area contributed by atoms with Crippen LogP contribution >= 0.6 is 15.9 Å². The van der Waals surface area contributed by atoms with Gasteiger partial charge in [0, 0.05) is 0 Å². The van der Waals surface area contributed by atoms with Gasteiger partial charge in [-0.3, -0.25) is 9.59 Å². The lowest BCUT2D eigenvalue weighted by atomic mass is 10.5. The number of allylic oxidation sites excluding steroid dienone is 2. The minimum Gasteiger partial charge on any atom is -0.504 e. The van der Waals surface area contributed by atoms with Gasteiger partial charge < -0.3 is 5.11 Å². The van der Waals surface area contributed by atoms with Crippen molar-refractivity contribution in [3.63, 3.8) is 0 Å². The standard InChI is InChI=1S/C4H3BrO3/c5-3(1-6)4(8)2-7/h1-2,8H. The molecular weight excluding hydrogens is 176 g/mol. The Kier molecular flexibility index (Phi) is 3.10. The SMILES string of the molecule is O=CC(O)=C(Br)C=O. The molecule has 0 aromatic rings. The van der Waals surface area contributed by atoms with Crippen molar-refractivity contribution in [3.05, 3.63) is 10.2 Å². The lowest BCUT2D eigenvalue weighted by Gasteiger charge is -1.83. The van der Waals surface area contributed by atoms with E-state index in [4.69, 9.17) is 5.11 Å². The minimum atomic E-state index is -0.583. The van der Waals surface area contributed by atoms with Crippen LogP contribution in [0.5, 0.6) is 0 Å². The fourth-order valence-electron chi connectivity index (χ4n) is 0.117. The molecule has 0 rings (SSSR count). The van der Waals surface area contributed by atoms with E-state index in [1.807, 2.05) is 0 Å². The fourth-order valence-corrected chi connectivity index (χ4v) is 0.210. The number of carbonyl (C=O) groups is 2. The van der Waals surface area contributed by atoms with E-state index in [1.54, 1.807) is 0 Å². The zero-order valence-electron chi connectivity index (χ0n) is 3.80. The molecule has 0 heterocycles. The zero-order valence-corrected chi connectivity index (χ0v) is 5.38. The summed E-state index contributed by atoms with van der Waals surface area (Å²) in [5.41, 5.74) is 0. The molecule has 0 saturated heterocycles. The van der Waals surface area contributed by atoms with Gasteiger partial charge in [0.15, 0.2) is 18.3 Å². The lowest BCUT2D eigenvalue weighted by Crippen LogP contribution is -1.85. The molecule has 0 spiro atoms. The van der Waals surface area contributed by atoms with Crippen LogP contribution in [0.4, 0.5) is 0 Å². The van der Waals surface area contributed by atoms with Crippen LogP contribution in [0.2, 0.25) is 0 Å². The minimum absolute atomic E-state index is 0.132. The molecular formula is C4H3BrO3. The Hall–Kier alpha value is -0.640. The van der Waals surface area contributed by atoms with E-state index in [1.165, 1.54) is 0 Å². The zero-order chi connectivity index (χ0) is 6.57. The maximum atomic E-state index is 9.68. The lowest BCUT2D eigenvalue weighted by molar-refractivity contribution is -0.108. The average Bonchev–Trinajstić information content (AvgIpc) is 1.84. The molecule has 0 amide bonds. The van der Waals surface area contributed by atoms with Crippen LogP contribution in [0.3, 0.4) is 0 Å². The maximum absolute atomic E-state index is 9.68. The number of aliphatic hydroxyl groups is 1. The summed E-state index contributed by atoms with van der Waals surface area (Å²) in [4.78, 5) is 19.3. The van der Waals surface area contributed by atoms with E-state index in [-0.39, 0.29) is 10.8 Å². The molecule has 3 nitrogen and oxygen atoms in total. The second-order valence-corrected chi connectivity index (χ2v) is 1.82. The van der Waals surface area contributed by atoms with Crippen molar-refractivity contribution in [2.24, 2.45) is 0 Å². The predicted octanol–water partition coefficient (Wildman–Crippen LogP) is 0.549. The second kappa shape index (κ2) is 3.37. The highest BCUT2D eigenvalue weighted by molar-refractivity contribution is 9.12. The number of hydrogen-bond donors (Lipinski definition) is 1. The van der Waals surface area contributed by atoms with Crippen LogP contribution in [0.1, 0.15) is 0 Å². The van der Waals surface area contributed by atoms with E-state index < -0.39 is 5.76 Å². The summed E-state index contributed by atoms with van der Waals surface area (Å²) in [5.74, 6) is -0.583. The molecule has 1 N–H and O–H groups in total. The summed E-state index contributed by atoms with van der Waals surface area (Å²) in [6.07, 6.45) is 0.516. The molecule has 0 unspecified atom stereocenters. The highest BCUT2D eigenvalue weighted by atomic mass is 79.9. The molecule has 0 radical (unpaired) electrons. The first-order valence-electron chi connectivity index (χ1n) is 1.71. The number of hydrogen-bond acceptors (Lipinski definition) is 3. The first-order chi connectivity index (χ1) is 3.72. The molecule has 0 aliphatic rings. The summed E-state index contributed by atoms with van der Waals surface area (Å²) in [6, 6.07) is 0. The number of aliphatic hydroxyl groups excluding tert-OH is 1. The second-order valence-electron chi connectivity index (χ2n) is 0.969. The van der Waals surface area contributed by atoms with Gasteiger partial charge in [-0.1, -0.05) is 0 Å². The largest absolute Gasteiger partial charge is 0.504 e. The van der Waals surface area contributed by atoms with E-state index in [0.717, 1.165) is 0 Å². The molecule has 4 heteroatoms. The van der Waals surface area contributed by atoms with E-state index in [0.29, 0.717) is 6.29 Å². The number of aldehydes is 2. The fraction of sp³-hybridized carbons (Fsp3) is 0. The smallest absolute Gasteiger partial charge is 0.185 e. The summed E-state index contributed by atoms with van der Waals surface area (Å²) < 4.78 is -0.132. The van der Waals surface area contributed by atoms with Crippen molar-refractivity contribution in [1.29, 1.82) is 0 Å². The van der Waals surface area contributed by atoms with Crippen molar-refractivity contribution in [1.82, 2.24) is 0 Å². The summed E-state index contributed by atoms with van der Waals surface area (Å²) in [5, 5.41) is 8.36. The van der Waals surface area contributed by atoms with Crippen LogP contribution in [-0.2, 0) is 9.59 Å². The van der Waals surface area contributed by atoms with Gasteiger partial charge in [-0.15, -0.1) is 0 Å². The predicted molar refractivity (Wildman–Crippen MR) is 30.7 cm³/mol. The molecule has 0 aliphatic carbocycles. The van der Waals surface area contributed by atoms with E-state index in [9.17, 15) is 9.59 Å². The molecule has 0 bridgehead atoms. The van der Waals surface area contributed by atoms with Crippen molar-refractivity contribution in [3.8, 4) is 0 Å². The molecule has 44 valence electrons. The van der Waals surface area contributed by atoms with Crippen molar-refractivity contribution < 1.29 is 14.7 Å². The van der Waals surface area contributed by atoms with Gasteiger partial charge in [-0.05, 0) is 15.9 Å². The van der Waals surface area contributed by atoms with Gasteiger partial charge in [0.05, 0.1) is 0 Å². The molecule has 0 saturated carbocycles. The summed E-state index contributed by atoms with van der Waals surface area (Å²) >= 11 is 2.63. The van der Waals surface area contributed by atoms with Crippen molar-refractivity contribution >= 4 is 28.5 Å². The molecule has 0 aliphatic heterocycles. The van der Waals surface area contributed by atoms with Gasteiger partial charge in [0.2, 0.25) is 0 Å². The van der Waals surface area contributed by atoms with Gasteiger partial charge in [0.1, 0.15) is 4.48 Å².